The molecule has 0 radical (unpaired) electrons. The van der Waals surface area contributed by atoms with Crippen LogP contribution in [0.25, 0.3) is 10.9 Å². The maximum Gasteiger partial charge on any atom is 0.323 e. The molecule has 0 bridgehead atoms. The number of carbonyl (C=O) groups is 1. The zero-order chi connectivity index (χ0) is 27.2. The topological polar surface area (TPSA) is 94.2 Å². The second-order valence-electron chi connectivity index (χ2n) is 8.94. The highest BCUT2D eigenvalue weighted by atomic mass is 19.1. The molecule has 5 rings (SSSR count). The van der Waals surface area contributed by atoms with Crippen LogP contribution in [-0.4, -0.2) is 56.4 Å². The van der Waals surface area contributed by atoms with Crippen molar-refractivity contribution in [1.82, 2.24) is 9.88 Å². The van der Waals surface area contributed by atoms with Crippen molar-refractivity contribution in [2.45, 2.75) is 6.54 Å². The first kappa shape index (κ1) is 26.2. The molecule has 1 aliphatic heterocycles. The predicted molar refractivity (Wildman–Crippen MR) is 147 cm³/mol. The Kier molecular flexibility index (Phi) is 8.04. The van der Waals surface area contributed by atoms with Crippen molar-refractivity contribution in [2.24, 2.45) is 0 Å². The van der Waals surface area contributed by atoms with Crippen LogP contribution in [0, 0.1) is 5.82 Å². The summed E-state index contributed by atoms with van der Waals surface area (Å²) >= 11 is 0. The molecule has 4 aromatic rings. The minimum atomic E-state index is -0.638. The van der Waals surface area contributed by atoms with E-state index in [0.717, 1.165) is 38.4 Å². The van der Waals surface area contributed by atoms with Gasteiger partial charge < -0.3 is 29.6 Å². The summed E-state index contributed by atoms with van der Waals surface area (Å²) in [6.07, 6.45) is 1.59. The lowest BCUT2D eigenvalue weighted by Gasteiger charge is -2.26. The Morgan fingerprint density at radius 3 is 2.41 bits per heavy atom. The molecule has 10 heteroatoms. The third-order valence-electron chi connectivity index (χ3n) is 6.35. The molecule has 0 aliphatic carbocycles. The van der Waals surface area contributed by atoms with Gasteiger partial charge in [0.25, 0.3) is 0 Å². The van der Waals surface area contributed by atoms with Crippen LogP contribution < -0.4 is 24.8 Å². The summed E-state index contributed by atoms with van der Waals surface area (Å²) in [5.41, 5.74) is 2.41. The fourth-order valence-electron chi connectivity index (χ4n) is 4.32. The molecule has 0 unspecified atom stereocenters. The van der Waals surface area contributed by atoms with E-state index in [1.54, 1.807) is 44.7 Å². The third-order valence-corrected chi connectivity index (χ3v) is 6.35. The number of anilines is 2. The number of pyridine rings is 1. The fraction of sp³-hybridized carbons (Fsp3) is 0.241. The Balaban J connectivity index is 1.22. The average molecular weight is 533 g/mol. The second kappa shape index (κ2) is 12.0. The number of rotatable bonds is 8. The van der Waals surface area contributed by atoms with Gasteiger partial charge in [0.15, 0.2) is 11.5 Å². The smallest absolute Gasteiger partial charge is 0.323 e. The summed E-state index contributed by atoms with van der Waals surface area (Å²) in [5, 5.41) is 5.95. The number of ether oxygens (including phenoxy) is 4. The summed E-state index contributed by atoms with van der Waals surface area (Å²) in [7, 11) is 3.09. The summed E-state index contributed by atoms with van der Waals surface area (Å²) in [6.45, 7) is 4.12. The molecule has 39 heavy (non-hydrogen) atoms. The van der Waals surface area contributed by atoms with Gasteiger partial charge in [-0.3, -0.25) is 9.88 Å². The maximum absolute atomic E-state index is 14.9. The normalized spacial score (nSPS) is 13.6. The Hall–Kier alpha value is -4.41. The number of methoxy groups -OCH3 is 2. The lowest BCUT2D eigenvalue weighted by atomic mass is 10.2. The highest BCUT2D eigenvalue weighted by molar-refractivity contribution is 5.99. The van der Waals surface area contributed by atoms with Crippen LogP contribution in [0.4, 0.5) is 20.6 Å². The molecule has 1 fully saturated rings. The zero-order valence-electron chi connectivity index (χ0n) is 21.7. The van der Waals surface area contributed by atoms with Crippen molar-refractivity contribution in [3.63, 3.8) is 0 Å². The van der Waals surface area contributed by atoms with Gasteiger partial charge in [-0.25, -0.2) is 9.18 Å². The number of amides is 2. The second-order valence-corrected chi connectivity index (χ2v) is 8.94. The molecule has 9 nitrogen and oxygen atoms in total. The first-order valence-electron chi connectivity index (χ1n) is 12.5. The van der Waals surface area contributed by atoms with E-state index < -0.39 is 11.8 Å². The van der Waals surface area contributed by atoms with Gasteiger partial charge in [-0.15, -0.1) is 0 Å². The van der Waals surface area contributed by atoms with Crippen molar-refractivity contribution in [3.05, 3.63) is 78.2 Å². The fourth-order valence-corrected chi connectivity index (χ4v) is 4.32. The summed E-state index contributed by atoms with van der Waals surface area (Å²) in [6, 6.07) is 16.4. The number of hydrogen-bond acceptors (Lipinski definition) is 7. The van der Waals surface area contributed by atoms with Gasteiger partial charge in [0.2, 0.25) is 0 Å². The van der Waals surface area contributed by atoms with E-state index in [9.17, 15) is 9.18 Å². The van der Waals surface area contributed by atoms with Crippen molar-refractivity contribution in [3.8, 4) is 23.0 Å². The lowest BCUT2D eigenvalue weighted by Crippen LogP contribution is -2.35. The molecule has 3 aromatic carbocycles. The molecule has 202 valence electrons. The summed E-state index contributed by atoms with van der Waals surface area (Å²) in [5.74, 6) is 1.15. The van der Waals surface area contributed by atoms with Crippen LogP contribution in [0.15, 0.2) is 66.9 Å². The van der Waals surface area contributed by atoms with Crippen molar-refractivity contribution in [2.75, 3.05) is 51.2 Å². The number of fused-ring (bicyclic) bond motifs is 1. The van der Waals surface area contributed by atoms with Crippen LogP contribution in [0.2, 0.25) is 0 Å². The molecule has 2 N–H and O–H groups in total. The Bertz CT molecular complexity index is 1460. The minimum absolute atomic E-state index is 0.0229. The number of halogens is 1. The van der Waals surface area contributed by atoms with Gasteiger partial charge >= 0.3 is 6.03 Å². The van der Waals surface area contributed by atoms with E-state index in [2.05, 4.69) is 20.5 Å². The maximum atomic E-state index is 14.9. The number of nitrogens with one attached hydrogen (secondary N) is 2. The zero-order valence-corrected chi connectivity index (χ0v) is 21.7. The molecule has 2 heterocycles. The molecule has 1 aromatic heterocycles. The first-order valence-corrected chi connectivity index (χ1v) is 12.5. The number of carbonyl (C=O) groups excluding carboxylic acids is 1. The molecule has 0 atom stereocenters. The van der Waals surface area contributed by atoms with Gasteiger partial charge in [-0.05, 0) is 42.0 Å². The van der Waals surface area contributed by atoms with E-state index in [1.807, 2.05) is 24.3 Å². The number of morpholine rings is 1. The van der Waals surface area contributed by atoms with Crippen molar-refractivity contribution >= 4 is 28.3 Å². The Labute approximate surface area is 225 Å². The standard InChI is InChI=1S/C29H29FN4O5/c1-36-27-16-22-25(17-28(27)37-2)31-10-9-26(22)39-21-7-8-24(23(30)15-21)33-29(35)32-20-5-3-19(4-6-20)18-34-11-13-38-14-12-34/h3-10,15-17H,11-14,18H2,1-2H3,(H2,32,33,35). The van der Waals surface area contributed by atoms with Crippen LogP contribution in [0.5, 0.6) is 23.0 Å². The number of hydrogen-bond donors (Lipinski definition) is 2. The van der Waals surface area contributed by atoms with E-state index in [4.69, 9.17) is 18.9 Å². The van der Waals surface area contributed by atoms with Crippen LogP contribution >= 0.6 is 0 Å². The van der Waals surface area contributed by atoms with Gasteiger partial charge in [0.1, 0.15) is 17.3 Å². The van der Waals surface area contributed by atoms with Crippen LogP contribution in [0.1, 0.15) is 5.56 Å². The van der Waals surface area contributed by atoms with Gasteiger partial charge in [-0.1, -0.05) is 12.1 Å². The first-order chi connectivity index (χ1) is 19.0. The van der Waals surface area contributed by atoms with E-state index >= 15 is 0 Å². The number of aromatic nitrogens is 1. The summed E-state index contributed by atoms with van der Waals surface area (Å²) < 4.78 is 36.9. The quantitative estimate of drug-likeness (QED) is 0.302. The minimum Gasteiger partial charge on any atom is -0.493 e. The monoisotopic (exact) mass is 532 g/mol. The van der Waals surface area contributed by atoms with Crippen LogP contribution in [-0.2, 0) is 11.3 Å². The highest BCUT2D eigenvalue weighted by Crippen LogP contribution is 2.37. The molecule has 1 aliphatic rings. The van der Waals surface area contributed by atoms with E-state index in [0.29, 0.717) is 33.8 Å². The van der Waals surface area contributed by atoms with E-state index in [-0.39, 0.29) is 11.4 Å². The van der Waals surface area contributed by atoms with Gasteiger partial charge in [0.05, 0.1) is 38.6 Å². The number of urea groups is 1. The molecular weight excluding hydrogens is 503 g/mol. The Morgan fingerprint density at radius 2 is 1.69 bits per heavy atom. The largest absolute Gasteiger partial charge is 0.493 e. The van der Waals surface area contributed by atoms with E-state index in [1.165, 1.54) is 12.1 Å². The lowest BCUT2D eigenvalue weighted by molar-refractivity contribution is 0.0342. The SMILES string of the molecule is COc1cc2nccc(Oc3ccc(NC(=O)Nc4ccc(CN5CCOCC5)cc4)c(F)c3)c2cc1OC. The highest BCUT2D eigenvalue weighted by Gasteiger charge is 2.14. The van der Waals surface area contributed by atoms with Crippen molar-refractivity contribution < 1.29 is 28.1 Å². The van der Waals surface area contributed by atoms with Gasteiger partial charge in [-0.2, -0.15) is 0 Å². The molecule has 2 amide bonds. The molecule has 1 saturated heterocycles. The average Bonchev–Trinajstić information content (AvgIpc) is 2.95. The number of nitrogens with zero attached hydrogens (tertiary/aromatic N) is 2. The molecule has 0 saturated carbocycles. The Morgan fingerprint density at radius 1 is 0.949 bits per heavy atom. The number of benzene rings is 3. The van der Waals surface area contributed by atoms with Gasteiger partial charge in [0, 0.05) is 49.0 Å². The molecular formula is C29H29FN4O5. The summed E-state index contributed by atoms with van der Waals surface area (Å²) in [4.78, 5) is 19.2. The van der Waals surface area contributed by atoms with Crippen LogP contribution in [0.3, 0.4) is 0 Å². The van der Waals surface area contributed by atoms with Crippen molar-refractivity contribution in [1.29, 1.82) is 0 Å². The predicted octanol–water partition coefficient (Wildman–Crippen LogP) is 5.66. The third kappa shape index (κ3) is 6.36. The molecule has 0 spiro atoms.